The van der Waals surface area contributed by atoms with Gasteiger partial charge < -0.3 is 10.2 Å². The predicted octanol–water partition coefficient (Wildman–Crippen LogP) is 5.13. The number of halogens is 1. The Hall–Kier alpha value is -2.33. The minimum Gasteiger partial charge on any atom is -0.339 e. The molecule has 0 saturated carbocycles. The summed E-state index contributed by atoms with van der Waals surface area (Å²) in [5.41, 5.74) is 2.54. The van der Waals surface area contributed by atoms with E-state index in [4.69, 9.17) is 11.6 Å². The van der Waals surface area contributed by atoms with Gasteiger partial charge in [-0.1, -0.05) is 56.6 Å². The Kier molecular flexibility index (Phi) is 6.09. The molecular weight excluding hydrogens is 372 g/mol. The Morgan fingerprint density at radius 3 is 2.36 bits per heavy atom. The number of rotatable bonds is 3. The van der Waals surface area contributed by atoms with Crippen LogP contribution < -0.4 is 5.32 Å². The molecule has 3 rings (SSSR count). The molecule has 1 aliphatic rings. The Morgan fingerprint density at radius 1 is 1.04 bits per heavy atom. The van der Waals surface area contributed by atoms with Crippen molar-refractivity contribution >= 4 is 29.1 Å². The van der Waals surface area contributed by atoms with Gasteiger partial charge in [0.25, 0.3) is 5.91 Å². The molecule has 1 fully saturated rings. The van der Waals surface area contributed by atoms with Gasteiger partial charge in [0, 0.05) is 35.3 Å². The van der Waals surface area contributed by atoms with Crippen molar-refractivity contribution in [3.8, 4) is 0 Å². The molecule has 1 N–H and O–H groups in total. The fraction of sp³-hybridized carbons (Fsp3) is 0.391. The van der Waals surface area contributed by atoms with E-state index >= 15 is 0 Å². The maximum absolute atomic E-state index is 12.8. The van der Waals surface area contributed by atoms with E-state index < -0.39 is 0 Å². The first-order valence-electron chi connectivity index (χ1n) is 9.71. The maximum Gasteiger partial charge on any atom is 0.253 e. The molecule has 0 spiro atoms. The number of hydrogen-bond acceptors (Lipinski definition) is 2. The van der Waals surface area contributed by atoms with Crippen molar-refractivity contribution in [3.63, 3.8) is 0 Å². The number of piperidine rings is 1. The molecule has 1 aliphatic heterocycles. The summed E-state index contributed by atoms with van der Waals surface area (Å²) < 4.78 is 0. The molecule has 4 nitrogen and oxygen atoms in total. The fourth-order valence-corrected chi connectivity index (χ4v) is 3.82. The number of nitrogens with one attached hydrogen (secondary N) is 1. The standard InChI is InChI=1S/C23H27ClN2O2/c1-23(2,3)19-9-4-5-10-20(19)25-21(27)16-11-13-26(14-12-16)22(28)17-7-6-8-18(24)15-17/h4-10,15-16H,11-14H2,1-3H3,(H,25,27). The number of nitrogens with zero attached hydrogens (tertiary/aromatic N) is 1. The van der Waals surface area contributed by atoms with Crippen LogP contribution in [0.15, 0.2) is 48.5 Å². The lowest BCUT2D eigenvalue weighted by molar-refractivity contribution is -0.121. The van der Waals surface area contributed by atoms with Crippen LogP contribution >= 0.6 is 11.6 Å². The average Bonchev–Trinajstić information content (AvgIpc) is 2.67. The van der Waals surface area contributed by atoms with Gasteiger partial charge in [-0.15, -0.1) is 0 Å². The van der Waals surface area contributed by atoms with E-state index in [1.807, 2.05) is 18.2 Å². The van der Waals surface area contributed by atoms with E-state index in [2.05, 4.69) is 32.2 Å². The predicted molar refractivity (Wildman–Crippen MR) is 114 cm³/mol. The summed E-state index contributed by atoms with van der Waals surface area (Å²) >= 11 is 5.99. The molecule has 2 aromatic carbocycles. The average molecular weight is 399 g/mol. The molecule has 5 heteroatoms. The zero-order valence-corrected chi connectivity index (χ0v) is 17.4. The molecule has 2 amide bonds. The van der Waals surface area contributed by atoms with Gasteiger partial charge in [0.1, 0.15) is 0 Å². The summed E-state index contributed by atoms with van der Waals surface area (Å²) in [6.07, 6.45) is 1.33. The smallest absolute Gasteiger partial charge is 0.253 e. The van der Waals surface area contributed by atoms with E-state index in [0.29, 0.717) is 36.5 Å². The SMILES string of the molecule is CC(C)(C)c1ccccc1NC(=O)C1CCN(C(=O)c2cccc(Cl)c2)CC1. The Labute approximate surface area is 171 Å². The second-order valence-corrected chi connectivity index (χ2v) is 8.80. The largest absolute Gasteiger partial charge is 0.339 e. The summed E-state index contributed by atoms with van der Waals surface area (Å²) in [5, 5.41) is 3.66. The molecule has 0 bridgehead atoms. The van der Waals surface area contributed by atoms with Crippen molar-refractivity contribution in [2.75, 3.05) is 18.4 Å². The van der Waals surface area contributed by atoms with Gasteiger partial charge in [0.2, 0.25) is 5.91 Å². The zero-order valence-electron chi connectivity index (χ0n) is 16.7. The number of carbonyl (C=O) groups excluding carboxylic acids is 2. The number of benzene rings is 2. The van der Waals surface area contributed by atoms with E-state index in [1.165, 1.54) is 0 Å². The normalized spacial score (nSPS) is 15.4. The molecule has 0 atom stereocenters. The van der Waals surface area contributed by atoms with Crippen molar-refractivity contribution in [1.82, 2.24) is 4.90 Å². The Bertz CT molecular complexity index is 865. The van der Waals surface area contributed by atoms with E-state index in [1.54, 1.807) is 29.2 Å². The van der Waals surface area contributed by atoms with Crippen LogP contribution in [0.1, 0.15) is 49.5 Å². The number of carbonyl (C=O) groups is 2. The van der Waals surface area contributed by atoms with Gasteiger partial charge in [-0.05, 0) is 48.1 Å². The van der Waals surface area contributed by atoms with Crippen LogP contribution in [-0.4, -0.2) is 29.8 Å². The molecule has 0 aliphatic carbocycles. The summed E-state index contributed by atoms with van der Waals surface area (Å²) in [7, 11) is 0. The minimum atomic E-state index is -0.0866. The van der Waals surface area contributed by atoms with E-state index in [0.717, 1.165) is 11.3 Å². The molecule has 0 aromatic heterocycles. The Morgan fingerprint density at radius 2 is 1.71 bits per heavy atom. The molecule has 28 heavy (non-hydrogen) atoms. The topological polar surface area (TPSA) is 49.4 Å². The van der Waals surface area contributed by atoms with Gasteiger partial charge in [-0.3, -0.25) is 9.59 Å². The lowest BCUT2D eigenvalue weighted by Gasteiger charge is -2.32. The van der Waals surface area contributed by atoms with Gasteiger partial charge in [-0.25, -0.2) is 0 Å². The minimum absolute atomic E-state index is 0.0283. The summed E-state index contributed by atoms with van der Waals surface area (Å²) in [4.78, 5) is 27.3. The summed E-state index contributed by atoms with van der Waals surface area (Å²) in [5.74, 6) is -0.0811. The second kappa shape index (κ2) is 8.36. The van der Waals surface area contributed by atoms with Crippen LogP contribution in [-0.2, 0) is 10.2 Å². The summed E-state index contributed by atoms with van der Waals surface area (Å²) in [6.45, 7) is 7.56. The summed E-state index contributed by atoms with van der Waals surface area (Å²) in [6, 6.07) is 14.9. The molecule has 0 radical (unpaired) electrons. The van der Waals surface area contributed by atoms with E-state index in [9.17, 15) is 9.59 Å². The van der Waals surface area contributed by atoms with Gasteiger partial charge >= 0.3 is 0 Å². The highest BCUT2D eigenvalue weighted by atomic mass is 35.5. The number of amides is 2. The highest BCUT2D eigenvalue weighted by Crippen LogP contribution is 2.30. The molecule has 1 saturated heterocycles. The third-order valence-corrected chi connectivity index (χ3v) is 5.45. The third-order valence-electron chi connectivity index (χ3n) is 5.22. The van der Waals surface area contributed by atoms with Crippen molar-refractivity contribution in [2.24, 2.45) is 5.92 Å². The first-order valence-corrected chi connectivity index (χ1v) is 10.1. The first kappa shape index (κ1) is 20.4. The van der Waals surface area contributed by atoms with Crippen LogP contribution in [0.3, 0.4) is 0 Å². The van der Waals surface area contributed by atoms with Crippen molar-refractivity contribution in [1.29, 1.82) is 0 Å². The molecule has 1 heterocycles. The quantitative estimate of drug-likeness (QED) is 0.779. The molecule has 0 unspecified atom stereocenters. The molecular formula is C23H27ClN2O2. The Balaban J connectivity index is 1.61. The highest BCUT2D eigenvalue weighted by molar-refractivity contribution is 6.30. The van der Waals surface area contributed by atoms with Gasteiger partial charge in [0.15, 0.2) is 0 Å². The van der Waals surface area contributed by atoms with Crippen LogP contribution in [0.2, 0.25) is 5.02 Å². The van der Waals surface area contributed by atoms with Crippen molar-refractivity contribution in [3.05, 3.63) is 64.7 Å². The van der Waals surface area contributed by atoms with Crippen LogP contribution in [0, 0.1) is 5.92 Å². The highest BCUT2D eigenvalue weighted by Gasteiger charge is 2.29. The lowest BCUT2D eigenvalue weighted by atomic mass is 9.85. The lowest BCUT2D eigenvalue weighted by Crippen LogP contribution is -2.41. The monoisotopic (exact) mass is 398 g/mol. The fourth-order valence-electron chi connectivity index (χ4n) is 3.63. The van der Waals surface area contributed by atoms with Gasteiger partial charge in [0.05, 0.1) is 0 Å². The number of likely N-dealkylation sites (tertiary alicyclic amines) is 1. The van der Waals surface area contributed by atoms with Crippen molar-refractivity contribution < 1.29 is 9.59 Å². The molecule has 2 aromatic rings. The third kappa shape index (κ3) is 4.74. The number of anilines is 1. The number of para-hydroxylation sites is 1. The van der Waals surface area contributed by atoms with Crippen molar-refractivity contribution in [2.45, 2.75) is 39.0 Å². The maximum atomic E-state index is 12.8. The molecule has 148 valence electrons. The number of hydrogen-bond donors (Lipinski definition) is 1. The van der Waals surface area contributed by atoms with Crippen LogP contribution in [0.25, 0.3) is 0 Å². The second-order valence-electron chi connectivity index (χ2n) is 8.36. The zero-order chi connectivity index (χ0) is 20.3. The van der Waals surface area contributed by atoms with Gasteiger partial charge in [-0.2, -0.15) is 0 Å². The first-order chi connectivity index (χ1) is 13.3. The van der Waals surface area contributed by atoms with Crippen LogP contribution in [0.5, 0.6) is 0 Å². The van der Waals surface area contributed by atoms with Crippen LogP contribution in [0.4, 0.5) is 5.69 Å². The van der Waals surface area contributed by atoms with E-state index in [-0.39, 0.29) is 23.1 Å².